The molecule has 2 N–H and O–H groups in total. The highest BCUT2D eigenvalue weighted by Gasteiger charge is 2.32. The lowest BCUT2D eigenvalue weighted by molar-refractivity contribution is -0.122. The van der Waals surface area contributed by atoms with Crippen molar-refractivity contribution in [3.05, 3.63) is 22.4 Å². The maximum atomic E-state index is 12.5. The van der Waals surface area contributed by atoms with Gasteiger partial charge in [0.1, 0.15) is 6.04 Å². The van der Waals surface area contributed by atoms with Crippen molar-refractivity contribution in [2.24, 2.45) is 0 Å². The molecule has 2 aliphatic rings. The van der Waals surface area contributed by atoms with Gasteiger partial charge >= 0.3 is 6.03 Å². The number of urea groups is 1. The molecule has 2 saturated heterocycles. The quantitative estimate of drug-likeness (QED) is 0.880. The van der Waals surface area contributed by atoms with Crippen molar-refractivity contribution in [3.8, 4) is 0 Å². The number of thiophene rings is 1. The van der Waals surface area contributed by atoms with Crippen molar-refractivity contribution in [2.45, 2.75) is 44.2 Å². The molecule has 0 bridgehead atoms. The molecule has 3 amide bonds. The van der Waals surface area contributed by atoms with Crippen LogP contribution in [0.25, 0.3) is 0 Å². The predicted octanol–water partition coefficient (Wildman–Crippen LogP) is 2.26. The first kappa shape index (κ1) is 14.4. The first-order valence-electron chi connectivity index (χ1n) is 7.64. The number of carbonyl (C=O) groups is 2. The summed E-state index contributed by atoms with van der Waals surface area (Å²) in [6.45, 7) is 1.48. The van der Waals surface area contributed by atoms with Gasteiger partial charge in [0.15, 0.2) is 0 Å². The van der Waals surface area contributed by atoms with E-state index in [1.807, 2.05) is 16.3 Å². The van der Waals surface area contributed by atoms with Crippen LogP contribution in [0.4, 0.5) is 4.79 Å². The molecule has 2 fully saturated rings. The van der Waals surface area contributed by atoms with Crippen molar-refractivity contribution in [1.82, 2.24) is 15.5 Å². The molecule has 2 aliphatic heterocycles. The summed E-state index contributed by atoms with van der Waals surface area (Å²) in [5, 5.41) is 7.83. The van der Waals surface area contributed by atoms with E-state index >= 15 is 0 Å². The third-order valence-electron chi connectivity index (χ3n) is 4.22. The number of carbonyl (C=O) groups excluding carboxylic acids is 2. The van der Waals surface area contributed by atoms with Gasteiger partial charge in [-0.3, -0.25) is 4.79 Å². The Balaban J connectivity index is 1.65. The molecule has 0 aromatic carbocycles. The molecule has 0 unspecified atom stereocenters. The van der Waals surface area contributed by atoms with Crippen LogP contribution >= 0.6 is 11.3 Å². The second-order valence-corrected chi connectivity index (χ2v) is 6.63. The molecule has 5 nitrogen and oxygen atoms in total. The van der Waals surface area contributed by atoms with E-state index in [0.29, 0.717) is 6.54 Å². The molecule has 3 heterocycles. The fraction of sp³-hybridized carbons (Fsp3) is 0.600. The van der Waals surface area contributed by atoms with Gasteiger partial charge in [-0.2, -0.15) is 0 Å². The predicted molar refractivity (Wildman–Crippen MR) is 82.2 cm³/mol. The van der Waals surface area contributed by atoms with Crippen molar-refractivity contribution in [2.75, 3.05) is 13.1 Å². The Morgan fingerprint density at radius 1 is 1.33 bits per heavy atom. The zero-order chi connectivity index (χ0) is 14.7. The van der Waals surface area contributed by atoms with Gasteiger partial charge in [-0.25, -0.2) is 4.79 Å². The Hall–Kier alpha value is -1.56. The minimum absolute atomic E-state index is 0.0484. The van der Waals surface area contributed by atoms with Gasteiger partial charge in [-0.15, -0.1) is 11.3 Å². The van der Waals surface area contributed by atoms with Crippen molar-refractivity contribution >= 4 is 23.3 Å². The summed E-state index contributed by atoms with van der Waals surface area (Å²) in [6, 6.07) is 3.78. The molecule has 1 aromatic rings. The van der Waals surface area contributed by atoms with Crippen LogP contribution in [0.1, 0.15) is 43.0 Å². The summed E-state index contributed by atoms with van der Waals surface area (Å²) in [7, 11) is 0. The number of nitrogens with zero attached hydrogens (tertiary/aromatic N) is 1. The Morgan fingerprint density at radius 2 is 2.24 bits per heavy atom. The molecule has 21 heavy (non-hydrogen) atoms. The minimum atomic E-state index is -0.385. The Bertz CT molecular complexity index is 503. The smallest absolute Gasteiger partial charge is 0.318 e. The number of hydrogen-bond acceptors (Lipinski definition) is 3. The summed E-state index contributed by atoms with van der Waals surface area (Å²) in [5.41, 5.74) is 0. The highest BCUT2D eigenvalue weighted by Crippen LogP contribution is 2.34. The minimum Gasteiger partial charge on any atom is -0.354 e. The van der Waals surface area contributed by atoms with Crippen LogP contribution in [0.2, 0.25) is 0 Å². The van der Waals surface area contributed by atoms with Crippen LogP contribution < -0.4 is 10.6 Å². The topological polar surface area (TPSA) is 61.4 Å². The maximum Gasteiger partial charge on any atom is 0.318 e. The molecule has 6 heteroatoms. The number of likely N-dealkylation sites (tertiary alicyclic amines) is 1. The van der Waals surface area contributed by atoms with E-state index in [1.54, 1.807) is 11.3 Å². The highest BCUT2D eigenvalue weighted by atomic mass is 32.1. The molecule has 2 atom stereocenters. The van der Waals surface area contributed by atoms with Gasteiger partial charge in [0.25, 0.3) is 0 Å². The third-order valence-corrected chi connectivity index (χ3v) is 5.19. The average molecular weight is 307 g/mol. The van der Waals surface area contributed by atoms with E-state index in [0.717, 1.165) is 38.6 Å². The zero-order valence-electron chi connectivity index (χ0n) is 12.0. The van der Waals surface area contributed by atoms with Crippen LogP contribution in [0.3, 0.4) is 0 Å². The van der Waals surface area contributed by atoms with E-state index in [9.17, 15) is 9.59 Å². The van der Waals surface area contributed by atoms with Gasteiger partial charge in [0, 0.05) is 18.0 Å². The van der Waals surface area contributed by atoms with Gasteiger partial charge in [-0.1, -0.05) is 6.07 Å². The van der Waals surface area contributed by atoms with Crippen LogP contribution in [0, 0.1) is 0 Å². The molecule has 0 saturated carbocycles. The lowest BCUT2D eigenvalue weighted by Gasteiger charge is -2.26. The summed E-state index contributed by atoms with van der Waals surface area (Å²) in [4.78, 5) is 27.6. The van der Waals surface area contributed by atoms with Crippen molar-refractivity contribution in [3.63, 3.8) is 0 Å². The lowest BCUT2D eigenvalue weighted by atomic mass is 10.1. The largest absolute Gasteiger partial charge is 0.354 e. The Labute approximate surface area is 128 Å². The molecular formula is C15H21N3O2S. The summed E-state index contributed by atoms with van der Waals surface area (Å²) >= 11 is 1.69. The summed E-state index contributed by atoms with van der Waals surface area (Å²) in [5.74, 6) is -0.0484. The van der Waals surface area contributed by atoms with E-state index in [2.05, 4.69) is 16.7 Å². The molecule has 0 radical (unpaired) electrons. The zero-order valence-corrected chi connectivity index (χ0v) is 12.8. The van der Waals surface area contributed by atoms with Crippen LogP contribution in [-0.4, -0.2) is 36.0 Å². The van der Waals surface area contributed by atoms with Crippen molar-refractivity contribution in [1.29, 1.82) is 0 Å². The van der Waals surface area contributed by atoms with Gasteiger partial charge < -0.3 is 15.5 Å². The molecule has 114 valence electrons. The standard InChI is InChI=1S/C15H21N3O2S/c19-14-11(5-1-2-8-16-14)17-15(20)18-9-3-6-12(18)13-7-4-10-21-13/h4,7,10-12H,1-3,5-6,8-9H2,(H,16,19)(H,17,20)/t11-,12-/m1/s1. The van der Waals surface area contributed by atoms with Crippen molar-refractivity contribution < 1.29 is 9.59 Å². The summed E-state index contributed by atoms with van der Waals surface area (Å²) < 4.78 is 0. The fourth-order valence-corrected chi connectivity index (χ4v) is 3.97. The summed E-state index contributed by atoms with van der Waals surface area (Å²) in [6.07, 6.45) is 4.71. The monoisotopic (exact) mass is 307 g/mol. The molecule has 3 rings (SSSR count). The fourth-order valence-electron chi connectivity index (χ4n) is 3.10. The van der Waals surface area contributed by atoms with Gasteiger partial charge in [0.05, 0.1) is 6.04 Å². The molecular weight excluding hydrogens is 286 g/mol. The highest BCUT2D eigenvalue weighted by molar-refractivity contribution is 7.10. The first-order valence-corrected chi connectivity index (χ1v) is 8.52. The number of amides is 3. The molecule has 1 aromatic heterocycles. The van der Waals surface area contributed by atoms with Gasteiger partial charge in [0.2, 0.25) is 5.91 Å². The second-order valence-electron chi connectivity index (χ2n) is 5.66. The van der Waals surface area contributed by atoms with Gasteiger partial charge in [-0.05, 0) is 43.6 Å². The van der Waals surface area contributed by atoms with E-state index in [-0.39, 0.29) is 24.0 Å². The first-order chi connectivity index (χ1) is 10.3. The Morgan fingerprint density at radius 3 is 3.05 bits per heavy atom. The number of nitrogens with one attached hydrogen (secondary N) is 2. The second kappa shape index (κ2) is 6.47. The normalized spacial score (nSPS) is 26.3. The number of hydrogen-bond donors (Lipinski definition) is 2. The van der Waals surface area contributed by atoms with E-state index in [4.69, 9.17) is 0 Å². The van der Waals surface area contributed by atoms with Crippen LogP contribution in [0.5, 0.6) is 0 Å². The third kappa shape index (κ3) is 3.20. The molecule has 0 aliphatic carbocycles. The number of rotatable bonds is 2. The van der Waals surface area contributed by atoms with E-state index < -0.39 is 0 Å². The average Bonchev–Trinajstić information content (AvgIpc) is 3.12. The molecule has 0 spiro atoms. The lowest BCUT2D eigenvalue weighted by Crippen LogP contribution is -2.50. The SMILES string of the molecule is O=C1NCCCC[C@H]1NC(=O)N1CCC[C@@H]1c1cccs1. The van der Waals surface area contributed by atoms with Crippen LogP contribution in [-0.2, 0) is 4.79 Å². The Kier molecular flexibility index (Phi) is 4.43. The van der Waals surface area contributed by atoms with Crippen LogP contribution in [0.15, 0.2) is 17.5 Å². The van der Waals surface area contributed by atoms with E-state index in [1.165, 1.54) is 4.88 Å². The maximum absolute atomic E-state index is 12.5.